The van der Waals surface area contributed by atoms with Gasteiger partial charge in [-0.15, -0.1) is 0 Å². The predicted octanol–water partition coefficient (Wildman–Crippen LogP) is 27.8. The lowest BCUT2D eigenvalue weighted by Gasteiger charge is -2.21. The molecule has 0 bridgehead atoms. The first kappa shape index (κ1) is 107. The summed E-state index contributed by atoms with van der Waals surface area (Å²) >= 11 is 0. The molecule has 0 saturated heterocycles. The van der Waals surface area contributed by atoms with Gasteiger partial charge in [-0.3, -0.25) is 37.3 Å². The highest BCUT2D eigenvalue weighted by Gasteiger charge is 2.31. The highest BCUT2D eigenvalue weighted by Crippen LogP contribution is 2.45. The summed E-state index contributed by atoms with van der Waals surface area (Å²) in [5, 5.41) is 10.7. The predicted molar refractivity (Wildman–Crippen MR) is 451 cm³/mol. The minimum atomic E-state index is -4.97. The molecule has 0 amide bonds. The Morgan fingerprint density at radius 1 is 0.266 bits per heavy atom. The first-order valence-corrected chi connectivity index (χ1v) is 49.5. The molecule has 109 heavy (non-hydrogen) atoms. The van der Waals surface area contributed by atoms with Gasteiger partial charge in [0.1, 0.15) is 19.3 Å². The van der Waals surface area contributed by atoms with Crippen molar-refractivity contribution in [2.45, 2.75) is 503 Å². The Kier molecular flexibility index (Phi) is 79.8. The van der Waals surface area contributed by atoms with Crippen LogP contribution in [0.3, 0.4) is 0 Å². The van der Waals surface area contributed by atoms with Crippen molar-refractivity contribution in [3.05, 3.63) is 0 Å². The number of carbonyl (C=O) groups is 4. The van der Waals surface area contributed by atoms with Gasteiger partial charge in [-0.05, 0) is 37.5 Å². The zero-order valence-electron chi connectivity index (χ0n) is 71.9. The summed E-state index contributed by atoms with van der Waals surface area (Å²) in [5.41, 5.74) is 0. The number of aliphatic hydroxyl groups excluding tert-OH is 1. The molecule has 0 rings (SSSR count). The molecule has 0 heterocycles. The van der Waals surface area contributed by atoms with Gasteiger partial charge in [0, 0.05) is 25.7 Å². The van der Waals surface area contributed by atoms with Crippen molar-refractivity contribution in [3.8, 4) is 0 Å². The smallest absolute Gasteiger partial charge is 0.462 e. The molecular weight excluding hydrogens is 1410 g/mol. The van der Waals surface area contributed by atoms with E-state index in [0.29, 0.717) is 25.7 Å². The summed E-state index contributed by atoms with van der Waals surface area (Å²) in [7, 11) is -9.93. The van der Waals surface area contributed by atoms with E-state index < -0.39 is 97.5 Å². The van der Waals surface area contributed by atoms with Crippen molar-refractivity contribution in [2.24, 2.45) is 11.8 Å². The lowest BCUT2D eigenvalue weighted by molar-refractivity contribution is -0.161. The van der Waals surface area contributed by atoms with Crippen LogP contribution in [0.2, 0.25) is 0 Å². The number of phosphoric acid groups is 2. The molecule has 19 heteroatoms. The summed E-state index contributed by atoms with van der Waals surface area (Å²) in [6.07, 6.45) is 75.0. The Balaban J connectivity index is 5.25. The third kappa shape index (κ3) is 82.4. The normalized spacial score (nSPS) is 14.0. The molecule has 0 radical (unpaired) electrons. The Bertz CT molecular complexity index is 2080. The molecule has 0 aromatic rings. The molecule has 0 aromatic carbocycles. The Morgan fingerprint density at radius 3 is 0.697 bits per heavy atom. The zero-order chi connectivity index (χ0) is 79.9. The molecule has 3 N–H and O–H groups in total. The third-order valence-electron chi connectivity index (χ3n) is 21.6. The maximum atomic E-state index is 13.2. The fraction of sp³-hybridized carbons (Fsp3) is 0.956. The number of ether oxygens (including phenoxy) is 4. The lowest BCUT2D eigenvalue weighted by Crippen LogP contribution is -2.30. The van der Waals surface area contributed by atoms with Crippen LogP contribution in [0.4, 0.5) is 0 Å². The van der Waals surface area contributed by atoms with E-state index in [4.69, 9.17) is 37.0 Å². The maximum Gasteiger partial charge on any atom is 0.472 e. The number of esters is 4. The molecule has 17 nitrogen and oxygen atoms in total. The van der Waals surface area contributed by atoms with Gasteiger partial charge in [0.15, 0.2) is 12.2 Å². The number of hydrogen-bond donors (Lipinski definition) is 3. The minimum Gasteiger partial charge on any atom is -0.462 e. The first-order chi connectivity index (χ1) is 52.9. The van der Waals surface area contributed by atoms with Crippen molar-refractivity contribution in [3.63, 3.8) is 0 Å². The molecular formula is C90H176O17P2. The summed E-state index contributed by atoms with van der Waals surface area (Å²) in [6.45, 7) is 9.73. The highest BCUT2D eigenvalue weighted by molar-refractivity contribution is 7.47. The Morgan fingerprint density at radius 2 is 0.468 bits per heavy atom. The van der Waals surface area contributed by atoms with Crippen LogP contribution in [0.15, 0.2) is 0 Å². The molecule has 0 aliphatic carbocycles. The average molecular weight is 1590 g/mol. The number of phosphoric ester groups is 2. The third-order valence-corrected chi connectivity index (χ3v) is 23.5. The van der Waals surface area contributed by atoms with Crippen LogP contribution in [0.5, 0.6) is 0 Å². The molecule has 0 fully saturated rings. The van der Waals surface area contributed by atoms with E-state index in [2.05, 4.69) is 41.5 Å². The van der Waals surface area contributed by atoms with Crippen molar-refractivity contribution in [1.82, 2.24) is 0 Å². The van der Waals surface area contributed by atoms with Crippen LogP contribution < -0.4 is 0 Å². The summed E-state index contributed by atoms with van der Waals surface area (Å²) in [6, 6.07) is 0. The first-order valence-electron chi connectivity index (χ1n) is 46.5. The van der Waals surface area contributed by atoms with Crippen molar-refractivity contribution in [2.75, 3.05) is 39.6 Å². The quantitative estimate of drug-likeness (QED) is 0.0222. The molecule has 648 valence electrons. The molecule has 0 saturated carbocycles. The van der Waals surface area contributed by atoms with Crippen molar-refractivity contribution >= 4 is 39.5 Å². The minimum absolute atomic E-state index is 0.108. The van der Waals surface area contributed by atoms with E-state index in [1.54, 1.807) is 0 Å². The summed E-state index contributed by atoms with van der Waals surface area (Å²) in [4.78, 5) is 73.4. The van der Waals surface area contributed by atoms with Gasteiger partial charge in [0.25, 0.3) is 0 Å². The average Bonchev–Trinajstić information content (AvgIpc) is 0.901. The van der Waals surface area contributed by atoms with Crippen molar-refractivity contribution < 1.29 is 80.2 Å². The number of hydrogen-bond acceptors (Lipinski definition) is 15. The molecule has 3 unspecified atom stereocenters. The number of carbonyl (C=O) groups excluding carboxylic acids is 4. The fourth-order valence-corrected chi connectivity index (χ4v) is 15.7. The second kappa shape index (κ2) is 81.2. The standard InChI is InChI=1S/C90H176O17P2/c1-7-10-12-14-16-18-20-22-24-26-27-28-29-30-31-37-41-45-49-57-63-69-75-89(94)106-85(78-100-87(92)72-66-60-54-47-43-39-36-33-32-34-38-42-46-52-58-64-70-82(4)5)80-104-108(96,97)102-76-84(91)77-103-109(98,99)105-81-86(79-101-88(93)73-67-61-55-51-50-53-59-65-71-83(6)9-3)107-90(95)74-68-62-56-48-44-40-35-25-23-21-19-17-15-13-11-8-2/h82-86,91H,7-81H2,1-6H3,(H,96,97)(H,98,99)/t83?,84-,85-,86-/m1/s1. The fourth-order valence-electron chi connectivity index (χ4n) is 14.1. The second-order valence-electron chi connectivity index (χ2n) is 33.1. The van der Waals surface area contributed by atoms with Crippen LogP contribution in [-0.2, 0) is 65.4 Å². The van der Waals surface area contributed by atoms with Crippen LogP contribution in [0.25, 0.3) is 0 Å². The van der Waals surface area contributed by atoms with E-state index in [9.17, 15) is 43.2 Å². The van der Waals surface area contributed by atoms with E-state index in [-0.39, 0.29) is 25.7 Å². The van der Waals surface area contributed by atoms with E-state index in [0.717, 1.165) is 102 Å². The molecule has 0 aliphatic heterocycles. The number of rotatable bonds is 89. The molecule has 0 aromatic heterocycles. The van der Waals surface area contributed by atoms with Gasteiger partial charge in [0.05, 0.1) is 26.4 Å². The summed E-state index contributed by atoms with van der Waals surface area (Å²) < 4.78 is 69.0. The van der Waals surface area contributed by atoms with Crippen molar-refractivity contribution in [1.29, 1.82) is 0 Å². The van der Waals surface area contributed by atoms with Gasteiger partial charge in [0.2, 0.25) is 0 Å². The van der Waals surface area contributed by atoms with Crippen LogP contribution in [0, 0.1) is 11.8 Å². The van der Waals surface area contributed by atoms with E-state index >= 15 is 0 Å². The Labute approximate surface area is 670 Å². The molecule has 6 atom stereocenters. The number of aliphatic hydroxyl groups is 1. The van der Waals surface area contributed by atoms with E-state index in [1.165, 1.54) is 302 Å². The molecule has 0 aliphatic rings. The second-order valence-corrected chi connectivity index (χ2v) is 36.0. The summed E-state index contributed by atoms with van der Waals surface area (Å²) in [5.74, 6) is -0.507. The monoisotopic (exact) mass is 1590 g/mol. The largest absolute Gasteiger partial charge is 0.472 e. The van der Waals surface area contributed by atoms with Gasteiger partial charge < -0.3 is 33.8 Å². The van der Waals surface area contributed by atoms with Crippen LogP contribution in [0.1, 0.15) is 485 Å². The van der Waals surface area contributed by atoms with Gasteiger partial charge in [-0.2, -0.15) is 0 Å². The highest BCUT2D eigenvalue weighted by atomic mass is 31.2. The van der Waals surface area contributed by atoms with Crippen LogP contribution >= 0.6 is 15.6 Å². The number of unbranched alkanes of at least 4 members (excludes halogenated alkanes) is 58. The van der Waals surface area contributed by atoms with Gasteiger partial charge >= 0.3 is 39.5 Å². The lowest BCUT2D eigenvalue weighted by atomic mass is 9.99. The van der Waals surface area contributed by atoms with Crippen LogP contribution in [-0.4, -0.2) is 96.7 Å². The maximum absolute atomic E-state index is 13.2. The van der Waals surface area contributed by atoms with Gasteiger partial charge in [-0.1, -0.05) is 433 Å². The SMILES string of the molecule is CCCCCCCCCCCCCCCCCCCCCCCCC(=O)O[C@H](COC(=O)CCCCCCCCCCCCCCCCCCC(C)C)COP(=O)(O)OC[C@@H](O)COP(=O)(O)OC[C@@H](COC(=O)CCCCCCCCCCC(C)CC)OC(=O)CCCCCCCCCCCCCCCCCC. The van der Waals surface area contributed by atoms with Gasteiger partial charge in [-0.25, -0.2) is 9.13 Å². The van der Waals surface area contributed by atoms with E-state index in [1.807, 2.05) is 0 Å². The Hall–Kier alpha value is -1.94. The topological polar surface area (TPSA) is 237 Å². The molecule has 0 spiro atoms. The zero-order valence-corrected chi connectivity index (χ0v) is 73.7.